The molecule has 7 nitrogen and oxygen atoms in total. The Kier molecular flexibility index (Phi) is 5.04. The highest BCUT2D eigenvalue weighted by Gasteiger charge is 2.12. The molecule has 0 amide bonds. The van der Waals surface area contributed by atoms with E-state index < -0.39 is 0 Å². The molecular formula is C18H17N3O4S. The molecule has 0 atom stereocenters. The zero-order valence-corrected chi connectivity index (χ0v) is 15.3. The summed E-state index contributed by atoms with van der Waals surface area (Å²) in [7, 11) is 4.61. The van der Waals surface area contributed by atoms with Crippen LogP contribution in [0.25, 0.3) is 10.9 Å². The second-order valence-electron chi connectivity index (χ2n) is 5.28. The molecule has 26 heavy (non-hydrogen) atoms. The molecule has 3 aromatic rings. The van der Waals surface area contributed by atoms with E-state index in [1.807, 2.05) is 6.07 Å². The van der Waals surface area contributed by atoms with E-state index in [-0.39, 0.29) is 10.3 Å². The number of nitrogens with one attached hydrogen (secondary N) is 1. The van der Waals surface area contributed by atoms with Gasteiger partial charge in [0.05, 0.1) is 44.0 Å². The minimum atomic E-state index is -0.313. The topological polar surface area (TPSA) is 77.8 Å². The van der Waals surface area contributed by atoms with Gasteiger partial charge in [-0.3, -0.25) is 4.79 Å². The lowest BCUT2D eigenvalue weighted by molar-refractivity contribution is 0.374. The number of aromatic nitrogens is 2. The maximum absolute atomic E-state index is 12.7. The molecule has 8 heteroatoms. The van der Waals surface area contributed by atoms with Crippen LogP contribution in [-0.2, 0) is 0 Å². The van der Waals surface area contributed by atoms with Crippen molar-refractivity contribution in [1.29, 1.82) is 0 Å². The number of rotatable bonds is 5. The van der Waals surface area contributed by atoms with E-state index in [1.165, 1.54) is 20.4 Å². The summed E-state index contributed by atoms with van der Waals surface area (Å²) in [6.45, 7) is 0. The molecular weight excluding hydrogens is 354 g/mol. The quantitative estimate of drug-likeness (QED) is 0.551. The summed E-state index contributed by atoms with van der Waals surface area (Å²) < 4.78 is 17.3. The van der Waals surface area contributed by atoms with Crippen LogP contribution >= 0.6 is 12.2 Å². The first kappa shape index (κ1) is 17.7. The van der Waals surface area contributed by atoms with Crippen LogP contribution in [0.15, 0.2) is 46.3 Å². The average Bonchev–Trinajstić information content (AvgIpc) is 2.67. The number of hydrogen-bond acceptors (Lipinski definition) is 6. The zero-order valence-electron chi connectivity index (χ0n) is 14.5. The van der Waals surface area contributed by atoms with Crippen LogP contribution in [0.4, 0.5) is 0 Å². The molecule has 3 rings (SSSR count). The Labute approximate surface area is 154 Å². The third-order valence-corrected chi connectivity index (χ3v) is 4.11. The van der Waals surface area contributed by atoms with Gasteiger partial charge in [0.2, 0.25) is 4.77 Å². The van der Waals surface area contributed by atoms with Crippen LogP contribution < -0.4 is 19.8 Å². The minimum Gasteiger partial charge on any atom is -0.496 e. The Morgan fingerprint density at radius 2 is 1.73 bits per heavy atom. The van der Waals surface area contributed by atoms with Crippen LogP contribution in [0.5, 0.6) is 17.2 Å². The highest BCUT2D eigenvalue weighted by Crippen LogP contribution is 2.32. The van der Waals surface area contributed by atoms with Gasteiger partial charge >= 0.3 is 0 Å². The van der Waals surface area contributed by atoms with Gasteiger partial charge in [0.25, 0.3) is 5.56 Å². The van der Waals surface area contributed by atoms with Gasteiger partial charge in [0, 0.05) is 12.1 Å². The second-order valence-corrected chi connectivity index (χ2v) is 5.67. The Morgan fingerprint density at radius 1 is 1.08 bits per heavy atom. The Morgan fingerprint density at radius 3 is 2.35 bits per heavy atom. The highest BCUT2D eigenvalue weighted by molar-refractivity contribution is 7.71. The SMILES string of the molecule is COc1cc(OC)c(C=Nn2c(=S)[nH]c3ccccc3c2=O)c(OC)c1. The molecule has 0 aliphatic carbocycles. The van der Waals surface area contributed by atoms with Crippen LogP contribution in [-0.4, -0.2) is 37.2 Å². The number of methoxy groups -OCH3 is 3. The monoisotopic (exact) mass is 371 g/mol. The molecule has 1 heterocycles. The summed E-state index contributed by atoms with van der Waals surface area (Å²) in [5, 5.41) is 4.73. The Balaban J connectivity index is 2.16. The summed E-state index contributed by atoms with van der Waals surface area (Å²) in [5.74, 6) is 1.57. The highest BCUT2D eigenvalue weighted by atomic mass is 32.1. The predicted octanol–water partition coefficient (Wildman–Crippen LogP) is 2.97. The Bertz CT molecular complexity index is 1080. The van der Waals surface area contributed by atoms with Gasteiger partial charge < -0.3 is 19.2 Å². The second kappa shape index (κ2) is 7.40. The average molecular weight is 371 g/mol. The molecule has 2 aromatic carbocycles. The van der Waals surface area contributed by atoms with Crippen molar-refractivity contribution in [2.75, 3.05) is 21.3 Å². The normalized spacial score (nSPS) is 11.0. The minimum absolute atomic E-state index is 0.191. The number of ether oxygens (including phenoxy) is 3. The lowest BCUT2D eigenvalue weighted by atomic mass is 10.2. The van der Waals surface area contributed by atoms with Crippen molar-refractivity contribution in [3.05, 3.63) is 57.1 Å². The van der Waals surface area contributed by atoms with Gasteiger partial charge in [-0.2, -0.15) is 9.78 Å². The lowest BCUT2D eigenvalue weighted by Crippen LogP contribution is -2.18. The van der Waals surface area contributed by atoms with Gasteiger partial charge in [0.15, 0.2) is 0 Å². The third-order valence-electron chi connectivity index (χ3n) is 3.84. The zero-order chi connectivity index (χ0) is 18.7. The first-order valence-electron chi connectivity index (χ1n) is 7.67. The summed E-state index contributed by atoms with van der Waals surface area (Å²) >= 11 is 5.26. The van der Waals surface area contributed by atoms with Gasteiger partial charge in [-0.1, -0.05) is 12.1 Å². The van der Waals surface area contributed by atoms with Gasteiger partial charge in [0.1, 0.15) is 17.2 Å². The summed E-state index contributed by atoms with van der Waals surface area (Å²) in [6, 6.07) is 10.5. The fourth-order valence-corrected chi connectivity index (χ4v) is 2.77. The molecule has 0 unspecified atom stereocenters. The van der Waals surface area contributed by atoms with Gasteiger partial charge in [-0.15, -0.1) is 0 Å². The molecule has 0 fully saturated rings. The number of fused-ring (bicyclic) bond motifs is 1. The van der Waals surface area contributed by atoms with E-state index in [0.29, 0.717) is 33.7 Å². The van der Waals surface area contributed by atoms with Crippen molar-refractivity contribution in [2.45, 2.75) is 0 Å². The number of para-hydroxylation sites is 1. The number of nitrogens with zero attached hydrogens (tertiary/aromatic N) is 2. The van der Waals surface area contributed by atoms with Crippen LogP contribution in [0, 0.1) is 4.77 Å². The number of hydrogen-bond donors (Lipinski definition) is 1. The molecule has 0 saturated heterocycles. The predicted molar refractivity (Wildman–Crippen MR) is 102 cm³/mol. The van der Waals surface area contributed by atoms with Crippen LogP contribution in [0.1, 0.15) is 5.56 Å². The summed E-state index contributed by atoms with van der Waals surface area (Å²) in [4.78, 5) is 15.7. The van der Waals surface area contributed by atoms with E-state index in [2.05, 4.69) is 10.1 Å². The van der Waals surface area contributed by atoms with Crippen molar-refractivity contribution >= 4 is 29.3 Å². The van der Waals surface area contributed by atoms with Crippen LogP contribution in [0.3, 0.4) is 0 Å². The first-order valence-corrected chi connectivity index (χ1v) is 8.08. The smallest absolute Gasteiger partial charge is 0.282 e. The van der Waals surface area contributed by atoms with Crippen molar-refractivity contribution in [3.8, 4) is 17.2 Å². The molecule has 0 spiro atoms. The largest absolute Gasteiger partial charge is 0.496 e. The fraction of sp³-hybridized carbons (Fsp3) is 0.167. The molecule has 0 saturated carbocycles. The molecule has 0 aliphatic rings. The van der Waals surface area contributed by atoms with E-state index in [0.717, 1.165) is 4.68 Å². The molecule has 134 valence electrons. The summed E-state index contributed by atoms with van der Waals surface area (Å²) in [6.07, 6.45) is 1.47. The number of benzene rings is 2. The standard InChI is InChI=1S/C18H17N3O4S/c1-23-11-8-15(24-2)13(16(9-11)25-3)10-19-21-17(22)12-6-4-5-7-14(12)20-18(21)26/h4-10H,1-3H3,(H,20,26). The third kappa shape index (κ3) is 3.18. The molecule has 1 N–H and O–H groups in total. The van der Waals surface area contributed by atoms with Crippen molar-refractivity contribution in [1.82, 2.24) is 9.66 Å². The molecule has 0 bridgehead atoms. The Hall–Kier alpha value is -3.13. The van der Waals surface area contributed by atoms with Crippen molar-refractivity contribution in [2.24, 2.45) is 5.10 Å². The van der Waals surface area contributed by atoms with E-state index >= 15 is 0 Å². The van der Waals surface area contributed by atoms with Crippen molar-refractivity contribution in [3.63, 3.8) is 0 Å². The number of aromatic amines is 1. The maximum Gasteiger partial charge on any atom is 0.282 e. The first-order chi connectivity index (χ1) is 12.6. The van der Waals surface area contributed by atoms with Crippen LogP contribution in [0.2, 0.25) is 0 Å². The van der Waals surface area contributed by atoms with E-state index in [4.69, 9.17) is 26.4 Å². The van der Waals surface area contributed by atoms with Gasteiger partial charge in [-0.25, -0.2) is 0 Å². The fourth-order valence-electron chi connectivity index (χ4n) is 2.53. The molecule has 0 radical (unpaired) electrons. The van der Waals surface area contributed by atoms with E-state index in [1.54, 1.807) is 37.4 Å². The number of H-pyrrole nitrogens is 1. The summed E-state index contributed by atoms with van der Waals surface area (Å²) in [5.41, 5.74) is 0.908. The maximum atomic E-state index is 12.7. The molecule has 1 aromatic heterocycles. The van der Waals surface area contributed by atoms with E-state index in [9.17, 15) is 4.79 Å². The van der Waals surface area contributed by atoms with Gasteiger partial charge in [-0.05, 0) is 24.4 Å². The van der Waals surface area contributed by atoms with Crippen molar-refractivity contribution < 1.29 is 14.2 Å². The lowest BCUT2D eigenvalue weighted by Gasteiger charge is -2.12. The molecule has 0 aliphatic heterocycles.